The van der Waals surface area contributed by atoms with Crippen molar-refractivity contribution < 1.29 is 4.92 Å². The van der Waals surface area contributed by atoms with E-state index in [2.05, 4.69) is 0 Å². The van der Waals surface area contributed by atoms with Gasteiger partial charge in [-0.3, -0.25) is 10.1 Å². The minimum absolute atomic E-state index is 0.0298. The number of hydrogen-bond donors (Lipinski definition) is 1. The van der Waals surface area contributed by atoms with Crippen LogP contribution in [0.25, 0.3) is 0 Å². The van der Waals surface area contributed by atoms with Gasteiger partial charge in [0, 0.05) is 19.2 Å². The molecule has 0 aliphatic heterocycles. The highest BCUT2D eigenvalue weighted by Crippen LogP contribution is 2.36. The molecular formula is C13H20ClN3O2. The van der Waals surface area contributed by atoms with Crippen LogP contribution in [0.2, 0.25) is 5.02 Å². The predicted molar refractivity (Wildman–Crippen MR) is 78.8 cm³/mol. The summed E-state index contributed by atoms with van der Waals surface area (Å²) in [7, 11) is 0. The van der Waals surface area contributed by atoms with Crippen LogP contribution in [-0.2, 0) is 0 Å². The second kappa shape index (κ2) is 6.21. The normalized spacial score (nSPS) is 11.4. The molecule has 0 fully saturated rings. The van der Waals surface area contributed by atoms with Gasteiger partial charge in [-0.05, 0) is 24.9 Å². The van der Waals surface area contributed by atoms with Gasteiger partial charge < -0.3 is 10.6 Å². The number of halogens is 1. The Morgan fingerprint density at radius 2 is 2.11 bits per heavy atom. The van der Waals surface area contributed by atoms with E-state index >= 15 is 0 Å². The number of nitrogens with two attached hydrogens (primary N) is 1. The first-order chi connectivity index (χ1) is 8.82. The van der Waals surface area contributed by atoms with Crippen molar-refractivity contribution in [3.8, 4) is 0 Å². The van der Waals surface area contributed by atoms with Crippen molar-refractivity contribution in [1.29, 1.82) is 0 Å². The fourth-order valence-electron chi connectivity index (χ4n) is 1.89. The zero-order chi connectivity index (χ0) is 14.6. The van der Waals surface area contributed by atoms with E-state index in [1.807, 2.05) is 25.7 Å². The number of anilines is 1. The minimum atomic E-state index is -0.403. The fraction of sp³-hybridized carbons (Fsp3) is 0.538. The number of nitro benzene ring substituents is 1. The maximum absolute atomic E-state index is 11.1. The first-order valence-corrected chi connectivity index (χ1v) is 6.58. The van der Waals surface area contributed by atoms with Crippen LogP contribution in [-0.4, -0.2) is 24.6 Å². The van der Waals surface area contributed by atoms with Crippen LogP contribution in [0.3, 0.4) is 0 Å². The number of nitro groups is 1. The van der Waals surface area contributed by atoms with Gasteiger partial charge in [-0.15, -0.1) is 0 Å². The third-order valence-corrected chi connectivity index (χ3v) is 3.34. The third kappa shape index (κ3) is 3.81. The Bertz CT molecular complexity index is 463. The van der Waals surface area contributed by atoms with E-state index in [1.54, 1.807) is 12.1 Å². The number of nitrogens with zero attached hydrogens (tertiary/aromatic N) is 2. The predicted octanol–water partition coefficient (Wildman–Crippen LogP) is 3.06. The summed E-state index contributed by atoms with van der Waals surface area (Å²) < 4.78 is 0. The second-order valence-corrected chi connectivity index (χ2v) is 5.65. The molecule has 106 valence electrons. The van der Waals surface area contributed by atoms with Crippen molar-refractivity contribution in [2.45, 2.75) is 20.8 Å². The summed E-state index contributed by atoms with van der Waals surface area (Å²) >= 11 is 6.14. The Labute approximate surface area is 118 Å². The van der Waals surface area contributed by atoms with E-state index < -0.39 is 4.92 Å². The molecule has 0 amide bonds. The Kier molecular flexibility index (Phi) is 5.14. The third-order valence-electron chi connectivity index (χ3n) is 3.03. The topological polar surface area (TPSA) is 72.4 Å². The van der Waals surface area contributed by atoms with Gasteiger partial charge in [-0.25, -0.2) is 0 Å². The summed E-state index contributed by atoms with van der Waals surface area (Å²) in [5.41, 5.74) is 6.09. The molecule has 5 nitrogen and oxygen atoms in total. The molecule has 0 radical (unpaired) electrons. The molecule has 0 aromatic heterocycles. The molecule has 0 saturated carbocycles. The maximum atomic E-state index is 11.1. The first-order valence-electron chi connectivity index (χ1n) is 6.20. The Hall–Kier alpha value is -1.33. The van der Waals surface area contributed by atoms with Gasteiger partial charge in [0.05, 0.1) is 9.95 Å². The van der Waals surface area contributed by atoms with Crippen LogP contribution in [0.5, 0.6) is 0 Å². The lowest BCUT2D eigenvalue weighted by atomic mass is 9.93. The monoisotopic (exact) mass is 285 g/mol. The zero-order valence-electron chi connectivity index (χ0n) is 11.5. The van der Waals surface area contributed by atoms with Crippen molar-refractivity contribution in [2.75, 3.05) is 24.5 Å². The van der Waals surface area contributed by atoms with Crippen molar-refractivity contribution in [2.24, 2.45) is 11.1 Å². The molecule has 0 spiro atoms. The average molecular weight is 286 g/mol. The van der Waals surface area contributed by atoms with E-state index in [4.69, 9.17) is 17.3 Å². The Morgan fingerprint density at radius 1 is 1.47 bits per heavy atom. The van der Waals surface area contributed by atoms with Crippen molar-refractivity contribution in [3.63, 3.8) is 0 Å². The Balaban J connectivity index is 3.21. The number of rotatable bonds is 6. The second-order valence-electron chi connectivity index (χ2n) is 5.25. The molecule has 19 heavy (non-hydrogen) atoms. The lowest BCUT2D eigenvalue weighted by Gasteiger charge is -2.32. The quantitative estimate of drug-likeness (QED) is 0.644. The summed E-state index contributed by atoms with van der Waals surface area (Å²) in [6, 6.07) is 4.73. The summed E-state index contributed by atoms with van der Waals surface area (Å²) in [6.07, 6.45) is 0. The molecule has 0 saturated heterocycles. The minimum Gasteiger partial charge on any atom is -0.364 e. The molecule has 1 aromatic rings. The van der Waals surface area contributed by atoms with Crippen LogP contribution in [0.1, 0.15) is 20.8 Å². The van der Waals surface area contributed by atoms with Crippen LogP contribution in [0.15, 0.2) is 18.2 Å². The number of hydrogen-bond acceptors (Lipinski definition) is 4. The van der Waals surface area contributed by atoms with E-state index in [0.717, 1.165) is 0 Å². The highest BCUT2D eigenvalue weighted by Gasteiger charge is 2.26. The Morgan fingerprint density at radius 3 is 2.58 bits per heavy atom. The van der Waals surface area contributed by atoms with E-state index in [9.17, 15) is 10.1 Å². The van der Waals surface area contributed by atoms with Gasteiger partial charge in [-0.2, -0.15) is 0 Å². The molecule has 1 aromatic carbocycles. The van der Waals surface area contributed by atoms with Crippen LogP contribution in [0, 0.1) is 15.5 Å². The lowest BCUT2D eigenvalue weighted by molar-refractivity contribution is -0.384. The fourth-order valence-corrected chi connectivity index (χ4v) is 2.18. The number of para-hydroxylation sites is 1. The SMILES string of the molecule is CCN(CC(C)(C)CN)c1c(Cl)cccc1[N+](=O)[O-]. The van der Waals surface area contributed by atoms with Crippen LogP contribution in [0.4, 0.5) is 11.4 Å². The zero-order valence-corrected chi connectivity index (χ0v) is 12.3. The molecule has 0 atom stereocenters. The highest BCUT2D eigenvalue weighted by atomic mass is 35.5. The van der Waals surface area contributed by atoms with Gasteiger partial charge in [-0.1, -0.05) is 31.5 Å². The first kappa shape index (κ1) is 15.7. The van der Waals surface area contributed by atoms with Crippen LogP contribution >= 0.6 is 11.6 Å². The average Bonchev–Trinajstić information content (AvgIpc) is 2.36. The van der Waals surface area contributed by atoms with Gasteiger partial charge >= 0.3 is 0 Å². The summed E-state index contributed by atoms with van der Waals surface area (Å²) in [5, 5.41) is 11.5. The molecule has 0 aliphatic rings. The molecule has 6 heteroatoms. The van der Waals surface area contributed by atoms with Gasteiger partial charge in [0.2, 0.25) is 0 Å². The molecule has 0 heterocycles. The van der Waals surface area contributed by atoms with Crippen molar-refractivity contribution in [3.05, 3.63) is 33.3 Å². The summed E-state index contributed by atoms with van der Waals surface area (Å²) in [5.74, 6) is 0. The molecular weight excluding hydrogens is 266 g/mol. The van der Waals surface area contributed by atoms with Crippen molar-refractivity contribution >= 4 is 23.0 Å². The van der Waals surface area contributed by atoms with E-state index in [1.165, 1.54) is 6.07 Å². The largest absolute Gasteiger partial charge is 0.364 e. The van der Waals surface area contributed by atoms with Gasteiger partial charge in [0.1, 0.15) is 5.69 Å². The van der Waals surface area contributed by atoms with Crippen molar-refractivity contribution in [1.82, 2.24) is 0 Å². The van der Waals surface area contributed by atoms with E-state index in [-0.39, 0.29) is 11.1 Å². The highest BCUT2D eigenvalue weighted by molar-refractivity contribution is 6.33. The molecule has 0 unspecified atom stereocenters. The van der Waals surface area contributed by atoms with Gasteiger partial charge in [0.15, 0.2) is 0 Å². The standard InChI is InChI=1S/C13H20ClN3O2/c1-4-16(9-13(2,3)8-15)12-10(14)6-5-7-11(12)17(18)19/h5-7H,4,8-9,15H2,1-3H3. The molecule has 2 N–H and O–H groups in total. The summed E-state index contributed by atoms with van der Waals surface area (Å²) in [6.45, 7) is 7.75. The van der Waals surface area contributed by atoms with Gasteiger partial charge in [0.25, 0.3) is 5.69 Å². The maximum Gasteiger partial charge on any atom is 0.294 e. The molecule has 0 aliphatic carbocycles. The molecule has 1 rings (SSSR count). The van der Waals surface area contributed by atoms with Crippen LogP contribution < -0.4 is 10.6 Å². The smallest absolute Gasteiger partial charge is 0.294 e. The number of benzene rings is 1. The lowest BCUT2D eigenvalue weighted by Crippen LogP contribution is -2.39. The summed E-state index contributed by atoms with van der Waals surface area (Å²) in [4.78, 5) is 12.6. The molecule has 0 bridgehead atoms. The van der Waals surface area contributed by atoms with E-state index in [0.29, 0.717) is 30.3 Å².